The van der Waals surface area contributed by atoms with Gasteiger partial charge < -0.3 is 10.3 Å². The van der Waals surface area contributed by atoms with Gasteiger partial charge in [-0.25, -0.2) is 4.98 Å². The monoisotopic (exact) mass is 193 g/mol. The molecule has 78 valence electrons. The SMILES string of the molecule is Cc1nccn1C1CCCC(CN)C1. The maximum atomic E-state index is 5.73. The standard InChI is InChI=1S/C11H19N3/c1-9-13-5-6-14(9)11-4-2-3-10(7-11)8-12/h5-6,10-11H,2-4,7-8,12H2,1H3. The first-order valence-corrected chi connectivity index (χ1v) is 5.50. The van der Waals surface area contributed by atoms with Crippen LogP contribution in [0.2, 0.25) is 0 Å². The fourth-order valence-electron chi connectivity index (χ4n) is 2.50. The van der Waals surface area contributed by atoms with Crippen LogP contribution in [-0.2, 0) is 0 Å². The molecule has 2 N–H and O–H groups in total. The van der Waals surface area contributed by atoms with Crippen LogP contribution in [0.25, 0.3) is 0 Å². The van der Waals surface area contributed by atoms with Gasteiger partial charge in [0.05, 0.1) is 0 Å². The quantitative estimate of drug-likeness (QED) is 0.779. The van der Waals surface area contributed by atoms with E-state index in [-0.39, 0.29) is 0 Å². The van der Waals surface area contributed by atoms with Crippen molar-refractivity contribution in [1.29, 1.82) is 0 Å². The van der Waals surface area contributed by atoms with Crippen LogP contribution in [-0.4, -0.2) is 16.1 Å². The summed E-state index contributed by atoms with van der Waals surface area (Å²) in [5.41, 5.74) is 5.73. The molecule has 0 saturated heterocycles. The maximum Gasteiger partial charge on any atom is 0.105 e. The van der Waals surface area contributed by atoms with Gasteiger partial charge in [0.1, 0.15) is 5.82 Å². The molecule has 0 spiro atoms. The van der Waals surface area contributed by atoms with Gasteiger partial charge in [-0.2, -0.15) is 0 Å². The Morgan fingerprint density at radius 3 is 3.07 bits per heavy atom. The first kappa shape index (κ1) is 9.71. The van der Waals surface area contributed by atoms with E-state index in [1.54, 1.807) is 0 Å². The number of aryl methyl sites for hydroxylation is 1. The molecular weight excluding hydrogens is 174 g/mol. The van der Waals surface area contributed by atoms with Gasteiger partial charge in [0.25, 0.3) is 0 Å². The molecule has 2 atom stereocenters. The molecule has 1 aromatic rings. The highest BCUT2D eigenvalue weighted by molar-refractivity contribution is 4.93. The molecule has 0 aromatic carbocycles. The molecule has 3 heteroatoms. The zero-order chi connectivity index (χ0) is 9.97. The predicted molar refractivity (Wildman–Crippen MR) is 57.0 cm³/mol. The predicted octanol–water partition coefficient (Wildman–Crippen LogP) is 1.88. The van der Waals surface area contributed by atoms with Crippen molar-refractivity contribution in [1.82, 2.24) is 9.55 Å². The van der Waals surface area contributed by atoms with Crippen LogP contribution in [0, 0.1) is 12.8 Å². The van der Waals surface area contributed by atoms with Crippen LogP contribution in [0.5, 0.6) is 0 Å². The van der Waals surface area contributed by atoms with Crippen molar-refractivity contribution in [2.45, 2.75) is 38.6 Å². The smallest absolute Gasteiger partial charge is 0.105 e. The number of hydrogen-bond donors (Lipinski definition) is 1. The summed E-state index contributed by atoms with van der Waals surface area (Å²) >= 11 is 0. The van der Waals surface area contributed by atoms with Crippen LogP contribution >= 0.6 is 0 Å². The Labute approximate surface area is 85.3 Å². The number of hydrogen-bond acceptors (Lipinski definition) is 2. The third-order valence-electron chi connectivity index (χ3n) is 3.34. The first-order valence-electron chi connectivity index (χ1n) is 5.50. The van der Waals surface area contributed by atoms with E-state index in [0.717, 1.165) is 18.3 Å². The zero-order valence-electron chi connectivity index (χ0n) is 8.82. The minimum absolute atomic E-state index is 0.639. The summed E-state index contributed by atoms with van der Waals surface area (Å²) in [7, 11) is 0. The summed E-state index contributed by atoms with van der Waals surface area (Å²) in [5.74, 6) is 1.85. The topological polar surface area (TPSA) is 43.8 Å². The highest BCUT2D eigenvalue weighted by Crippen LogP contribution is 2.32. The van der Waals surface area contributed by atoms with Gasteiger partial charge in [-0.3, -0.25) is 0 Å². The van der Waals surface area contributed by atoms with Crippen LogP contribution < -0.4 is 5.73 Å². The van der Waals surface area contributed by atoms with Crippen molar-refractivity contribution in [3.05, 3.63) is 18.2 Å². The second-order valence-corrected chi connectivity index (χ2v) is 4.30. The molecule has 0 aliphatic heterocycles. The third kappa shape index (κ3) is 1.82. The van der Waals surface area contributed by atoms with Gasteiger partial charge >= 0.3 is 0 Å². The fourth-order valence-corrected chi connectivity index (χ4v) is 2.50. The lowest BCUT2D eigenvalue weighted by Gasteiger charge is -2.29. The van der Waals surface area contributed by atoms with E-state index in [1.165, 1.54) is 25.7 Å². The van der Waals surface area contributed by atoms with E-state index in [9.17, 15) is 0 Å². The molecule has 1 heterocycles. The highest BCUT2D eigenvalue weighted by Gasteiger charge is 2.22. The van der Waals surface area contributed by atoms with E-state index in [1.807, 2.05) is 6.20 Å². The largest absolute Gasteiger partial charge is 0.332 e. The number of aromatic nitrogens is 2. The Hall–Kier alpha value is -0.830. The Morgan fingerprint density at radius 1 is 1.57 bits per heavy atom. The van der Waals surface area contributed by atoms with Crippen LogP contribution in [0.1, 0.15) is 37.5 Å². The Kier molecular flexibility index (Phi) is 2.87. The Morgan fingerprint density at radius 2 is 2.43 bits per heavy atom. The summed E-state index contributed by atoms with van der Waals surface area (Å²) in [5, 5.41) is 0. The molecule has 0 bridgehead atoms. The lowest BCUT2D eigenvalue weighted by Crippen LogP contribution is -2.24. The lowest BCUT2D eigenvalue weighted by molar-refractivity contribution is 0.269. The van der Waals surface area contributed by atoms with E-state index in [0.29, 0.717) is 6.04 Å². The van der Waals surface area contributed by atoms with E-state index < -0.39 is 0 Å². The molecule has 1 fully saturated rings. The normalized spacial score (nSPS) is 27.9. The summed E-state index contributed by atoms with van der Waals surface area (Å²) in [6, 6.07) is 0.639. The lowest BCUT2D eigenvalue weighted by atomic mass is 9.85. The molecule has 0 amide bonds. The maximum absolute atomic E-state index is 5.73. The van der Waals surface area contributed by atoms with Crippen molar-refractivity contribution < 1.29 is 0 Å². The number of nitrogens with zero attached hydrogens (tertiary/aromatic N) is 2. The molecule has 2 rings (SSSR count). The molecule has 0 radical (unpaired) electrons. The third-order valence-corrected chi connectivity index (χ3v) is 3.34. The fraction of sp³-hybridized carbons (Fsp3) is 0.727. The number of rotatable bonds is 2. The summed E-state index contributed by atoms with van der Waals surface area (Å²) in [6.45, 7) is 2.91. The second kappa shape index (κ2) is 4.13. The van der Waals surface area contributed by atoms with Gasteiger partial charge in [-0.15, -0.1) is 0 Å². The van der Waals surface area contributed by atoms with Gasteiger partial charge in [-0.05, 0) is 38.6 Å². The second-order valence-electron chi connectivity index (χ2n) is 4.30. The zero-order valence-corrected chi connectivity index (χ0v) is 8.82. The van der Waals surface area contributed by atoms with Crippen LogP contribution in [0.3, 0.4) is 0 Å². The van der Waals surface area contributed by atoms with E-state index in [4.69, 9.17) is 5.73 Å². The van der Waals surface area contributed by atoms with Gasteiger partial charge in [0.15, 0.2) is 0 Å². The van der Waals surface area contributed by atoms with Crippen LogP contribution in [0.4, 0.5) is 0 Å². The highest BCUT2D eigenvalue weighted by atomic mass is 15.1. The number of nitrogens with two attached hydrogens (primary N) is 1. The number of imidazole rings is 1. The van der Waals surface area contributed by atoms with Crippen molar-refractivity contribution in [3.8, 4) is 0 Å². The average Bonchev–Trinajstić information content (AvgIpc) is 2.65. The van der Waals surface area contributed by atoms with Crippen molar-refractivity contribution >= 4 is 0 Å². The summed E-state index contributed by atoms with van der Waals surface area (Å²) in [6.07, 6.45) is 9.12. The molecule has 3 nitrogen and oxygen atoms in total. The van der Waals surface area contributed by atoms with Crippen molar-refractivity contribution in [3.63, 3.8) is 0 Å². The summed E-state index contributed by atoms with van der Waals surface area (Å²) < 4.78 is 2.31. The van der Waals surface area contributed by atoms with Crippen molar-refractivity contribution in [2.75, 3.05) is 6.54 Å². The molecule has 14 heavy (non-hydrogen) atoms. The van der Waals surface area contributed by atoms with Gasteiger partial charge in [0, 0.05) is 18.4 Å². The summed E-state index contributed by atoms with van der Waals surface area (Å²) in [4.78, 5) is 4.27. The van der Waals surface area contributed by atoms with E-state index >= 15 is 0 Å². The molecular formula is C11H19N3. The minimum atomic E-state index is 0.639. The first-order chi connectivity index (χ1) is 6.81. The molecule has 1 aliphatic carbocycles. The van der Waals surface area contributed by atoms with Gasteiger partial charge in [0.2, 0.25) is 0 Å². The molecule has 2 unspecified atom stereocenters. The van der Waals surface area contributed by atoms with Gasteiger partial charge in [-0.1, -0.05) is 6.42 Å². The molecule has 1 aliphatic rings. The Balaban J connectivity index is 2.08. The van der Waals surface area contributed by atoms with Crippen LogP contribution in [0.15, 0.2) is 12.4 Å². The van der Waals surface area contributed by atoms with E-state index in [2.05, 4.69) is 22.7 Å². The minimum Gasteiger partial charge on any atom is -0.332 e. The molecule has 1 aromatic heterocycles. The average molecular weight is 193 g/mol. The Bertz CT molecular complexity index is 292. The molecule has 1 saturated carbocycles. The van der Waals surface area contributed by atoms with Crippen molar-refractivity contribution in [2.24, 2.45) is 11.7 Å².